The first-order valence-corrected chi connectivity index (χ1v) is 7.40. The van der Waals surface area contributed by atoms with E-state index in [0.717, 1.165) is 23.0 Å². The Morgan fingerprint density at radius 3 is 2.89 bits per heavy atom. The van der Waals surface area contributed by atoms with Crippen molar-refractivity contribution in [1.82, 2.24) is 15.1 Å². The van der Waals surface area contributed by atoms with E-state index in [4.69, 9.17) is 0 Å². The van der Waals surface area contributed by atoms with Crippen molar-refractivity contribution in [2.45, 2.75) is 51.2 Å². The molecule has 3 unspecified atom stereocenters. The summed E-state index contributed by atoms with van der Waals surface area (Å²) < 4.78 is 2.65. The standard InChI is InChI=1S/C13H18BrN3O/c1-7(2)17-12(10(14)6-15-17)13(18)9-5-8-3-4-11(9)16-8/h6-9,11,16H,3-5H2,1-2H3. The van der Waals surface area contributed by atoms with E-state index in [1.807, 2.05) is 4.68 Å². The summed E-state index contributed by atoms with van der Waals surface area (Å²) in [6.07, 6.45) is 5.07. The number of aromatic nitrogens is 2. The topological polar surface area (TPSA) is 46.9 Å². The molecular formula is C13H18BrN3O. The highest BCUT2D eigenvalue weighted by atomic mass is 79.9. The van der Waals surface area contributed by atoms with Crippen LogP contribution in [0.3, 0.4) is 0 Å². The van der Waals surface area contributed by atoms with Crippen molar-refractivity contribution in [3.8, 4) is 0 Å². The molecule has 0 amide bonds. The van der Waals surface area contributed by atoms with Crippen molar-refractivity contribution in [2.24, 2.45) is 5.92 Å². The molecule has 2 bridgehead atoms. The molecule has 1 N–H and O–H groups in total. The summed E-state index contributed by atoms with van der Waals surface area (Å²) in [6, 6.07) is 1.14. The molecule has 0 spiro atoms. The van der Waals surface area contributed by atoms with Gasteiger partial charge < -0.3 is 5.32 Å². The molecular weight excluding hydrogens is 294 g/mol. The van der Waals surface area contributed by atoms with E-state index in [9.17, 15) is 4.79 Å². The lowest BCUT2D eigenvalue weighted by Crippen LogP contribution is -2.30. The normalized spacial score (nSPS) is 30.3. The van der Waals surface area contributed by atoms with Gasteiger partial charge in [-0.25, -0.2) is 0 Å². The molecule has 4 nitrogen and oxygen atoms in total. The van der Waals surface area contributed by atoms with Gasteiger partial charge in [0.05, 0.1) is 10.7 Å². The molecule has 0 aromatic carbocycles. The number of Topliss-reactive ketones (excluding diaryl/α,β-unsaturated/α-hetero) is 1. The van der Waals surface area contributed by atoms with Gasteiger partial charge in [0.25, 0.3) is 0 Å². The van der Waals surface area contributed by atoms with Gasteiger partial charge in [-0.2, -0.15) is 5.10 Å². The van der Waals surface area contributed by atoms with Crippen LogP contribution in [0.15, 0.2) is 10.7 Å². The first-order chi connectivity index (χ1) is 8.58. The van der Waals surface area contributed by atoms with Crippen molar-refractivity contribution >= 4 is 21.7 Å². The molecule has 2 saturated heterocycles. The zero-order valence-corrected chi connectivity index (χ0v) is 12.3. The maximum Gasteiger partial charge on any atom is 0.186 e. The van der Waals surface area contributed by atoms with Gasteiger partial charge in [0, 0.05) is 24.0 Å². The SMILES string of the molecule is CC(C)n1ncc(Br)c1C(=O)C1CC2CCC1N2. The summed E-state index contributed by atoms with van der Waals surface area (Å²) in [7, 11) is 0. The second-order valence-corrected chi connectivity index (χ2v) is 6.49. The lowest BCUT2D eigenvalue weighted by molar-refractivity contribution is 0.0887. The Hall–Kier alpha value is -0.680. The monoisotopic (exact) mass is 311 g/mol. The zero-order chi connectivity index (χ0) is 12.9. The second kappa shape index (κ2) is 4.46. The van der Waals surface area contributed by atoms with Crippen LogP contribution in [0.1, 0.15) is 49.6 Å². The third kappa shape index (κ3) is 1.84. The van der Waals surface area contributed by atoms with Crippen molar-refractivity contribution in [3.05, 3.63) is 16.4 Å². The molecule has 3 rings (SSSR count). The fraction of sp³-hybridized carbons (Fsp3) is 0.692. The van der Waals surface area contributed by atoms with Gasteiger partial charge in [-0.05, 0) is 49.0 Å². The molecule has 18 heavy (non-hydrogen) atoms. The van der Waals surface area contributed by atoms with Crippen molar-refractivity contribution < 1.29 is 4.79 Å². The minimum absolute atomic E-state index is 0.134. The lowest BCUT2D eigenvalue weighted by atomic mass is 9.85. The molecule has 3 atom stereocenters. The van der Waals surface area contributed by atoms with Crippen molar-refractivity contribution in [3.63, 3.8) is 0 Å². The number of fused-ring (bicyclic) bond motifs is 2. The Morgan fingerprint density at radius 1 is 1.56 bits per heavy atom. The molecule has 0 radical (unpaired) electrons. The average molecular weight is 312 g/mol. The van der Waals surface area contributed by atoms with E-state index < -0.39 is 0 Å². The third-order valence-corrected chi connectivity index (χ3v) is 4.69. The number of carbonyl (C=O) groups is 1. The number of rotatable bonds is 3. The van der Waals surface area contributed by atoms with E-state index in [1.165, 1.54) is 6.42 Å². The Balaban J connectivity index is 1.91. The summed E-state index contributed by atoms with van der Waals surface area (Å²) in [5, 5.41) is 7.82. The maximum atomic E-state index is 12.7. The van der Waals surface area contributed by atoms with Gasteiger partial charge in [0.15, 0.2) is 5.78 Å². The molecule has 2 fully saturated rings. The number of nitrogens with one attached hydrogen (secondary N) is 1. The van der Waals surface area contributed by atoms with E-state index in [1.54, 1.807) is 6.20 Å². The quantitative estimate of drug-likeness (QED) is 0.873. The largest absolute Gasteiger partial charge is 0.310 e. The maximum absolute atomic E-state index is 12.7. The van der Waals surface area contributed by atoms with Gasteiger partial charge in [-0.3, -0.25) is 9.48 Å². The van der Waals surface area contributed by atoms with Crippen molar-refractivity contribution in [1.29, 1.82) is 0 Å². The van der Waals surface area contributed by atoms with E-state index in [0.29, 0.717) is 12.1 Å². The van der Waals surface area contributed by atoms with Gasteiger partial charge in [-0.15, -0.1) is 0 Å². The molecule has 2 aliphatic rings. The Kier molecular flexibility index (Phi) is 3.06. The average Bonchev–Trinajstić information content (AvgIpc) is 3.01. The van der Waals surface area contributed by atoms with Gasteiger partial charge in [-0.1, -0.05) is 0 Å². The highest BCUT2D eigenvalue weighted by molar-refractivity contribution is 9.10. The van der Waals surface area contributed by atoms with Gasteiger partial charge >= 0.3 is 0 Å². The van der Waals surface area contributed by atoms with Crippen molar-refractivity contribution in [2.75, 3.05) is 0 Å². The van der Waals surface area contributed by atoms with Crippen LogP contribution in [0, 0.1) is 5.92 Å². The fourth-order valence-corrected chi connectivity index (χ4v) is 3.72. The summed E-state index contributed by atoms with van der Waals surface area (Å²) in [6.45, 7) is 4.10. The fourth-order valence-electron chi connectivity index (χ4n) is 3.25. The molecule has 0 saturated carbocycles. The number of hydrogen-bond donors (Lipinski definition) is 1. The Labute approximate surface area is 115 Å². The number of ketones is 1. The predicted molar refractivity (Wildman–Crippen MR) is 72.7 cm³/mol. The summed E-state index contributed by atoms with van der Waals surface area (Å²) >= 11 is 3.46. The third-order valence-electron chi connectivity index (χ3n) is 4.11. The molecule has 1 aromatic rings. The van der Waals surface area contributed by atoms with E-state index in [-0.39, 0.29) is 17.7 Å². The summed E-state index contributed by atoms with van der Waals surface area (Å²) in [5.41, 5.74) is 0.740. The van der Waals surface area contributed by atoms with Crippen LogP contribution in [-0.2, 0) is 0 Å². The van der Waals surface area contributed by atoms with E-state index in [2.05, 4.69) is 40.2 Å². The van der Waals surface area contributed by atoms with Crippen LogP contribution in [-0.4, -0.2) is 27.6 Å². The molecule has 2 aliphatic heterocycles. The summed E-state index contributed by atoms with van der Waals surface area (Å²) in [5.74, 6) is 0.377. The molecule has 5 heteroatoms. The van der Waals surface area contributed by atoms with Crippen LogP contribution in [0.2, 0.25) is 0 Å². The minimum Gasteiger partial charge on any atom is -0.310 e. The second-order valence-electron chi connectivity index (χ2n) is 5.63. The number of hydrogen-bond acceptors (Lipinski definition) is 3. The zero-order valence-electron chi connectivity index (χ0n) is 10.7. The number of carbonyl (C=O) groups excluding carboxylic acids is 1. The first kappa shape index (κ1) is 12.4. The Bertz CT molecular complexity index is 483. The minimum atomic E-state index is 0.134. The van der Waals surface area contributed by atoms with Crippen LogP contribution in [0.25, 0.3) is 0 Å². The highest BCUT2D eigenvalue weighted by Gasteiger charge is 2.44. The predicted octanol–water partition coefficient (Wildman–Crippen LogP) is 2.55. The van der Waals surface area contributed by atoms with Crippen LogP contribution >= 0.6 is 15.9 Å². The molecule has 1 aromatic heterocycles. The van der Waals surface area contributed by atoms with E-state index >= 15 is 0 Å². The van der Waals surface area contributed by atoms with Crippen LogP contribution in [0.5, 0.6) is 0 Å². The number of nitrogens with zero attached hydrogens (tertiary/aromatic N) is 2. The molecule has 3 heterocycles. The lowest BCUT2D eigenvalue weighted by Gasteiger charge is -2.20. The molecule has 98 valence electrons. The Morgan fingerprint density at radius 2 is 2.33 bits per heavy atom. The highest BCUT2D eigenvalue weighted by Crippen LogP contribution is 2.36. The van der Waals surface area contributed by atoms with Gasteiger partial charge in [0.2, 0.25) is 0 Å². The van der Waals surface area contributed by atoms with Gasteiger partial charge in [0.1, 0.15) is 5.69 Å². The molecule has 0 aliphatic carbocycles. The smallest absolute Gasteiger partial charge is 0.186 e. The van der Waals surface area contributed by atoms with Crippen LogP contribution < -0.4 is 5.32 Å². The number of halogens is 1. The first-order valence-electron chi connectivity index (χ1n) is 6.61. The summed E-state index contributed by atoms with van der Waals surface area (Å²) in [4.78, 5) is 12.7. The van der Waals surface area contributed by atoms with Crippen LogP contribution in [0.4, 0.5) is 0 Å².